The Labute approximate surface area is 123 Å². The standard InChI is InChI=1S/C18H28O2/c1-4-14-20-16-8-6-15(7-9-16)18(19)11-5-10-17(2,3)12-13-18/h6-9,19H,4-5,10-14H2,1-3H3. The average Bonchev–Trinajstić information content (AvgIpc) is 2.57. The van der Waals surface area contributed by atoms with Crippen molar-refractivity contribution in [3.8, 4) is 5.75 Å². The van der Waals surface area contributed by atoms with E-state index in [9.17, 15) is 5.11 Å². The van der Waals surface area contributed by atoms with Gasteiger partial charge in [-0.3, -0.25) is 0 Å². The van der Waals surface area contributed by atoms with Crippen LogP contribution < -0.4 is 4.74 Å². The Balaban J connectivity index is 2.09. The van der Waals surface area contributed by atoms with E-state index in [4.69, 9.17) is 4.74 Å². The fourth-order valence-corrected chi connectivity index (χ4v) is 3.02. The van der Waals surface area contributed by atoms with Gasteiger partial charge in [-0.2, -0.15) is 0 Å². The van der Waals surface area contributed by atoms with Crippen molar-refractivity contribution in [1.29, 1.82) is 0 Å². The van der Waals surface area contributed by atoms with Gasteiger partial charge >= 0.3 is 0 Å². The van der Waals surface area contributed by atoms with Crippen LogP contribution in [0.4, 0.5) is 0 Å². The van der Waals surface area contributed by atoms with Crippen LogP contribution in [0.25, 0.3) is 0 Å². The predicted octanol–water partition coefficient (Wildman–Crippen LogP) is 4.65. The molecule has 1 unspecified atom stereocenters. The minimum Gasteiger partial charge on any atom is -0.494 e. The van der Waals surface area contributed by atoms with Crippen molar-refractivity contribution in [2.24, 2.45) is 5.41 Å². The lowest BCUT2D eigenvalue weighted by molar-refractivity contribution is 0.0180. The summed E-state index contributed by atoms with van der Waals surface area (Å²) < 4.78 is 5.61. The van der Waals surface area contributed by atoms with Gasteiger partial charge in [-0.25, -0.2) is 0 Å². The first kappa shape index (κ1) is 15.4. The van der Waals surface area contributed by atoms with E-state index in [1.54, 1.807) is 0 Å². The first-order chi connectivity index (χ1) is 9.45. The van der Waals surface area contributed by atoms with Gasteiger partial charge in [-0.15, -0.1) is 0 Å². The highest BCUT2D eigenvalue weighted by atomic mass is 16.5. The molecule has 0 amide bonds. The molecule has 0 saturated heterocycles. The molecule has 1 fully saturated rings. The highest BCUT2D eigenvalue weighted by Crippen LogP contribution is 2.42. The van der Waals surface area contributed by atoms with Crippen molar-refractivity contribution in [2.75, 3.05) is 6.61 Å². The SMILES string of the molecule is CCCOc1ccc(C2(O)CCCC(C)(C)CC2)cc1. The number of benzene rings is 1. The maximum absolute atomic E-state index is 11.0. The van der Waals surface area contributed by atoms with Gasteiger partial charge in [0.2, 0.25) is 0 Å². The average molecular weight is 276 g/mol. The molecule has 2 heteroatoms. The summed E-state index contributed by atoms with van der Waals surface area (Å²) in [6.07, 6.45) is 6.11. The van der Waals surface area contributed by atoms with Gasteiger partial charge in [-0.05, 0) is 61.6 Å². The quantitative estimate of drug-likeness (QED) is 0.811. The maximum Gasteiger partial charge on any atom is 0.119 e. The van der Waals surface area contributed by atoms with Crippen molar-refractivity contribution in [2.45, 2.75) is 64.9 Å². The molecule has 1 aromatic carbocycles. The summed E-state index contributed by atoms with van der Waals surface area (Å²) in [6.45, 7) is 7.46. The second-order valence-corrected chi connectivity index (χ2v) is 6.92. The first-order valence-electron chi connectivity index (χ1n) is 7.91. The second kappa shape index (κ2) is 6.17. The lowest BCUT2D eigenvalue weighted by Gasteiger charge is -2.28. The zero-order chi connectivity index (χ0) is 14.6. The zero-order valence-corrected chi connectivity index (χ0v) is 13.1. The molecule has 0 aliphatic heterocycles. The number of aliphatic hydroxyl groups is 1. The molecule has 1 N–H and O–H groups in total. The Morgan fingerprint density at radius 2 is 1.75 bits per heavy atom. The molecule has 2 rings (SSSR count). The topological polar surface area (TPSA) is 29.5 Å². The van der Waals surface area contributed by atoms with Crippen LogP contribution in [0.3, 0.4) is 0 Å². The number of hydrogen-bond donors (Lipinski definition) is 1. The molecule has 1 aromatic rings. The molecule has 0 bridgehead atoms. The van der Waals surface area contributed by atoms with Gasteiger partial charge < -0.3 is 9.84 Å². The molecule has 0 aromatic heterocycles. The minimum absolute atomic E-state index is 0.356. The Hall–Kier alpha value is -1.02. The van der Waals surface area contributed by atoms with Crippen molar-refractivity contribution < 1.29 is 9.84 Å². The monoisotopic (exact) mass is 276 g/mol. The Morgan fingerprint density at radius 1 is 1.05 bits per heavy atom. The van der Waals surface area contributed by atoms with E-state index in [2.05, 4.69) is 20.8 Å². The van der Waals surface area contributed by atoms with Gasteiger partial charge in [-0.1, -0.05) is 32.9 Å². The molecule has 2 nitrogen and oxygen atoms in total. The van der Waals surface area contributed by atoms with Gasteiger partial charge in [0.25, 0.3) is 0 Å². The normalized spacial score (nSPS) is 26.0. The summed E-state index contributed by atoms with van der Waals surface area (Å²) in [4.78, 5) is 0. The molecule has 0 heterocycles. The van der Waals surface area contributed by atoms with Crippen LogP contribution in [0.1, 0.15) is 64.9 Å². The Bertz CT molecular complexity index is 422. The third kappa shape index (κ3) is 3.76. The van der Waals surface area contributed by atoms with E-state index in [1.807, 2.05) is 24.3 Å². The van der Waals surface area contributed by atoms with E-state index in [-0.39, 0.29) is 0 Å². The van der Waals surface area contributed by atoms with Crippen LogP contribution in [-0.2, 0) is 5.60 Å². The maximum atomic E-state index is 11.0. The molecule has 20 heavy (non-hydrogen) atoms. The van der Waals surface area contributed by atoms with Gasteiger partial charge in [0.05, 0.1) is 12.2 Å². The molecule has 1 atom stereocenters. The zero-order valence-electron chi connectivity index (χ0n) is 13.1. The number of ether oxygens (including phenoxy) is 1. The Kier molecular flexibility index (Phi) is 4.74. The third-order valence-corrected chi connectivity index (χ3v) is 4.52. The summed E-state index contributed by atoms with van der Waals surface area (Å²) in [5, 5.41) is 11.0. The number of hydrogen-bond acceptors (Lipinski definition) is 2. The number of rotatable bonds is 4. The van der Waals surface area contributed by atoms with Crippen molar-refractivity contribution in [3.05, 3.63) is 29.8 Å². The van der Waals surface area contributed by atoms with Crippen molar-refractivity contribution in [3.63, 3.8) is 0 Å². The van der Waals surface area contributed by atoms with Crippen LogP contribution in [0, 0.1) is 5.41 Å². The van der Waals surface area contributed by atoms with Gasteiger partial charge in [0.15, 0.2) is 0 Å². The first-order valence-corrected chi connectivity index (χ1v) is 7.91. The summed E-state index contributed by atoms with van der Waals surface area (Å²) >= 11 is 0. The molecule has 1 aliphatic carbocycles. The molecule has 1 saturated carbocycles. The van der Waals surface area contributed by atoms with Crippen LogP contribution in [-0.4, -0.2) is 11.7 Å². The van der Waals surface area contributed by atoms with E-state index >= 15 is 0 Å². The van der Waals surface area contributed by atoms with E-state index in [1.165, 1.54) is 6.42 Å². The lowest BCUT2D eigenvalue weighted by Crippen LogP contribution is -2.25. The van der Waals surface area contributed by atoms with Crippen LogP contribution in [0.5, 0.6) is 5.75 Å². The summed E-state index contributed by atoms with van der Waals surface area (Å²) in [5.74, 6) is 0.896. The lowest BCUT2D eigenvalue weighted by atomic mass is 9.82. The van der Waals surface area contributed by atoms with E-state index < -0.39 is 5.60 Å². The van der Waals surface area contributed by atoms with E-state index in [0.717, 1.165) is 50.0 Å². The van der Waals surface area contributed by atoms with Crippen LogP contribution >= 0.6 is 0 Å². The van der Waals surface area contributed by atoms with Crippen molar-refractivity contribution in [1.82, 2.24) is 0 Å². The van der Waals surface area contributed by atoms with Crippen molar-refractivity contribution >= 4 is 0 Å². The second-order valence-electron chi connectivity index (χ2n) is 6.92. The third-order valence-electron chi connectivity index (χ3n) is 4.52. The summed E-state index contributed by atoms with van der Waals surface area (Å²) in [5.41, 5.74) is 0.741. The largest absolute Gasteiger partial charge is 0.494 e. The van der Waals surface area contributed by atoms with Crippen LogP contribution in [0.15, 0.2) is 24.3 Å². The molecular weight excluding hydrogens is 248 g/mol. The predicted molar refractivity (Wildman–Crippen MR) is 83.0 cm³/mol. The van der Waals surface area contributed by atoms with Gasteiger partial charge in [0.1, 0.15) is 5.75 Å². The molecule has 0 radical (unpaired) electrons. The van der Waals surface area contributed by atoms with Gasteiger partial charge in [0, 0.05) is 0 Å². The highest BCUT2D eigenvalue weighted by Gasteiger charge is 2.35. The van der Waals surface area contributed by atoms with Crippen LogP contribution in [0.2, 0.25) is 0 Å². The highest BCUT2D eigenvalue weighted by molar-refractivity contribution is 5.31. The fourth-order valence-electron chi connectivity index (χ4n) is 3.02. The smallest absolute Gasteiger partial charge is 0.119 e. The fraction of sp³-hybridized carbons (Fsp3) is 0.667. The summed E-state index contributed by atoms with van der Waals surface area (Å²) in [6, 6.07) is 8.03. The summed E-state index contributed by atoms with van der Waals surface area (Å²) in [7, 11) is 0. The minimum atomic E-state index is -0.656. The molecule has 0 spiro atoms. The molecule has 1 aliphatic rings. The molecular formula is C18H28O2. The van der Waals surface area contributed by atoms with E-state index in [0.29, 0.717) is 5.41 Å². The Morgan fingerprint density at radius 3 is 2.40 bits per heavy atom. The molecule has 112 valence electrons.